The minimum Gasteiger partial charge on any atom is -0.345 e. The van der Waals surface area contributed by atoms with Gasteiger partial charge in [-0.05, 0) is 53.8 Å². The largest absolute Gasteiger partial charge is 0.345 e. The van der Waals surface area contributed by atoms with Gasteiger partial charge in [0, 0.05) is 11.6 Å². The predicted octanol–water partition coefficient (Wildman–Crippen LogP) is 2.69. The molecule has 0 unspecified atom stereocenters. The van der Waals surface area contributed by atoms with Crippen LogP contribution in [0.1, 0.15) is 39.5 Å². The molecule has 0 aromatic heterocycles. The minimum atomic E-state index is -3.67. The molecule has 1 atom stereocenters. The lowest BCUT2D eigenvalue weighted by Gasteiger charge is -2.15. The third kappa shape index (κ3) is 2.82. The number of hydrogen-bond acceptors (Lipinski definition) is 3. The van der Waals surface area contributed by atoms with Gasteiger partial charge in [0.1, 0.15) is 5.82 Å². The summed E-state index contributed by atoms with van der Waals surface area (Å²) >= 11 is 5.97. The molecule has 0 saturated carbocycles. The maximum atomic E-state index is 14.3. The molecule has 1 heterocycles. The summed E-state index contributed by atoms with van der Waals surface area (Å²) in [6, 6.07) is 7.42. The normalized spacial score (nSPS) is 20.2. The number of amides is 1. The van der Waals surface area contributed by atoms with Gasteiger partial charge in [-0.3, -0.25) is 4.79 Å². The van der Waals surface area contributed by atoms with Crippen LogP contribution in [0, 0.1) is 5.82 Å². The van der Waals surface area contributed by atoms with Crippen molar-refractivity contribution in [1.82, 2.24) is 10.0 Å². The van der Waals surface area contributed by atoms with E-state index in [2.05, 4.69) is 10.0 Å². The van der Waals surface area contributed by atoms with Crippen molar-refractivity contribution in [3.8, 4) is 0 Å². The molecular weight excluding hydrogens is 367 g/mol. The van der Waals surface area contributed by atoms with Gasteiger partial charge >= 0.3 is 0 Å². The first-order valence-corrected chi connectivity index (χ1v) is 9.62. The zero-order valence-corrected chi connectivity index (χ0v) is 14.5. The second-order valence-corrected chi connectivity index (χ2v) is 8.34. The average Bonchev–Trinajstić information content (AvgIpc) is 3.07. The van der Waals surface area contributed by atoms with Gasteiger partial charge in [-0.25, -0.2) is 17.5 Å². The maximum absolute atomic E-state index is 14.3. The Kier molecular flexibility index (Phi) is 3.82. The summed E-state index contributed by atoms with van der Waals surface area (Å²) in [6.07, 6.45) is 1.46. The van der Waals surface area contributed by atoms with Crippen LogP contribution in [0.3, 0.4) is 0 Å². The average molecular weight is 381 g/mol. The highest BCUT2D eigenvalue weighted by molar-refractivity contribution is 7.89. The molecule has 2 N–H and O–H groups in total. The summed E-state index contributed by atoms with van der Waals surface area (Å²) in [5.74, 6) is -1.36. The molecule has 1 aliphatic carbocycles. The SMILES string of the molecule is O=C(N[C@@H]1CCc2cc(Cl)ccc21)c1cc2c(cc1F)CNS2(=O)=O. The molecule has 130 valence electrons. The van der Waals surface area contributed by atoms with Gasteiger partial charge in [0.15, 0.2) is 0 Å². The van der Waals surface area contributed by atoms with Crippen molar-refractivity contribution in [3.05, 3.63) is 63.4 Å². The van der Waals surface area contributed by atoms with E-state index in [1.165, 1.54) is 0 Å². The number of aryl methyl sites for hydroxylation is 1. The predicted molar refractivity (Wildman–Crippen MR) is 90.4 cm³/mol. The second-order valence-electron chi connectivity index (χ2n) is 6.17. The molecule has 2 aromatic rings. The zero-order valence-electron chi connectivity index (χ0n) is 13.0. The zero-order chi connectivity index (χ0) is 17.8. The van der Waals surface area contributed by atoms with Crippen LogP contribution >= 0.6 is 11.6 Å². The van der Waals surface area contributed by atoms with Gasteiger partial charge in [-0.2, -0.15) is 0 Å². The Hall–Kier alpha value is -1.96. The third-order valence-electron chi connectivity index (χ3n) is 4.63. The molecule has 25 heavy (non-hydrogen) atoms. The fraction of sp³-hybridized carbons (Fsp3) is 0.235. The summed E-state index contributed by atoms with van der Waals surface area (Å²) < 4.78 is 40.4. The highest BCUT2D eigenvalue weighted by atomic mass is 35.5. The number of halogens is 2. The van der Waals surface area contributed by atoms with E-state index in [4.69, 9.17) is 11.6 Å². The molecule has 0 fully saturated rings. The van der Waals surface area contributed by atoms with Crippen molar-refractivity contribution in [2.75, 3.05) is 0 Å². The molecule has 0 radical (unpaired) electrons. The van der Waals surface area contributed by atoms with Gasteiger partial charge in [0.2, 0.25) is 10.0 Å². The molecule has 1 amide bonds. The topological polar surface area (TPSA) is 75.3 Å². The van der Waals surface area contributed by atoms with E-state index >= 15 is 0 Å². The lowest BCUT2D eigenvalue weighted by atomic mass is 10.1. The van der Waals surface area contributed by atoms with Crippen molar-refractivity contribution in [2.24, 2.45) is 0 Å². The first-order chi connectivity index (χ1) is 11.8. The molecule has 0 saturated heterocycles. The maximum Gasteiger partial charge on any atom is 0.254 e. The molecule has 0 spiro atoms. The molecule has 2 aliphatic rings. The van der Waals surface area contributed by atoms with Crippen LogP contribution in [0.4, 0.5) is 4.39 Å². The number of fused-ring (bicyclic) bond motifs is 2. The molecule has 0 bridgehead atoms. The van der Waals surface area contributed by atoms with E-state index < -0.39 is 21.7 Å². The van der Waals surface area contributed by atoms with Crippen LogP contribution in [-0.4, -0.2) is 14.3 Å². The number of carbonyl (C=O) groups excluding carboxylic acids is 1. The summed E-state index contributed by atoms with van der Waals surface area (Å²) in [6.45, 7) is 0.0350. The second kappa shape index (κ2) is 5.79. The summed E-state index contributed by atoms with van der Waals surface area (Å²) in [4.78, 5) is 12.5. The monoisotopic (exact) mass is 380 g/mol. The third-order valence-corrected chi connectivity index (χ3v) is 6.34. The number of nitrogens with one attached hydrogen (secondary N) is 2. The van der Waals surface area contributed by atoms with Crippen LogP contribution < -0.4 is 10.0 Å². The number of benzene rings is 2. The standard InChI is InChI=1S/C17H14ClFN2O3S/c18-11-2-3-12-9(5-11)1-4-15(12)21-17(22)13-7-16-10(6-14(13)19)8-20-25(16,23)24/h2-3,5-7,15,20H,1,4,8H2,(H,21,22)/t15-/m1/s1. The molecule has 8 heteroatoms. The fourth-order valence-electron chi connectivity index (χ4n) is 3.38. The first kappa shape index (κ1) is 16.5. The number of hydrogen-bond donors (Lipinski definition) is 2. The van der Waals surface area contributed by atoms with E-state index in [1.54, 1.807) is 6.07 Å². The van der Waals surface area contributed by atoms with Crippen molar-refractivity contribution in [2.45, 2.75) is 30.3 Å². The van der Waals surface area contributed by atoms with Crippen molar-refractivity contribution in [3.63, 3.8) is 0 Å². The van der Waals surface area contributed by atoms with Crippen molar-refractivity contribution in [1.29, 1.82) is 0 Å². The van der Waals surface area contributed by atoms with Crippen LogP contribution in [0.15, 0.2) is 35.2 Å². The number of rotatable bonds is 2. The van der Waals surface area contributed by atoms with E-state index in [1.807, 2.05) is 12.1 Å². The Morgan fingerprint density at radius 1 is 1.24 bits per heavy atom. The highest BCUT2D eigenvalue weighted by Gasteiger charge is 2.30. The van der Waals surface area contributed by atoms with E-state index in [0.29, 0.717) is 17.0 Å². The highest BCUT2D eigenvalue weighted by Crippen LogP contribution is 2.33. The molecule has 1 aliphatic heterocycles. The van der Waals surface area contributed by atoms with Gasteiger partial charge in [-0.1, -0.05) is 17.7 Å². The van der Waals surface area contributed by atoms with Crippen LogP contribution in [-0.2, 0) is 23.0 Å². The lowest BCUT2D eigenvalue weighted by Crippen LogP contribution is -2.28. The Morgan fingerprint density at radius 2 is 2.04 bits per heavy atom. The van der Waals surface area contributed by atoms with Crippen LogP contribution in [0.25, 0.3) is 0 Å². The molecule has 4 rings (SSSR count). The molecule has 2 aromatic carbocycles. The summed E-state index contributed by atoms with van der Waals surface area (Å²) in [5.41, 5.74) is 2.07. The van der Waals surface area contributed by atoms with Gasteiger partial charge < -0.3 is 5.32 Å². The number of carbonyl (C=O) groups is 1. The Bertz CT molecular complexity index is 1010. The van der Waals surface area contributed by atoms with E-state index in [0.717, 1.165) is 29.7 Å². The first-order valence-electron chi connectivity index (χ1n) is 7.76. The molecule has 5 nitrogen and oxygen atoms in total. The van der Waals surface area contributed by atoms with Gasteiger partial charge in [-0.15, -0.1) is 0 Å². The van der Waals surface area contributed by atoms with Crippen LogP contribution in [0.2, 0.25) is 5.02 Å². The summed E-state index contributed by atoms with van der Waals surface area (Å²) in [7, 11) is -3.67. The smallest absolute Gasteiger partial charge is 0.254 e. The number of sulfonamides is 1. The van der Waals surface area contributed by atoms with Gasteiger partial charge in [0.25, 0.3) is 5.91 Å². The van der Waals surface area contributed by atoms with Gasteiger partial charge in [0.05, 0.1) is 16.5 Å². The summed E-state index contributed by atoms with van der Waals surface area (Å²) in [5, 5.41) is 3.43. The molecular formula is C17H14ClFN2O3S. The van der Waals surface area contributed by atoms with Crippen molar-refractivity contribution < 1.29 is 17.6 Å². The Labute approximate surface area is 149 Å². The lowest BCUT2D eigenvalue weighted by molar-refractivity contribution is 0.0932. The van der Waals surface area contributed by atoms with Crippen molar-refractivity contribution >= 4 is 27.5 Å². The Morgan fingerprint density at radius 3 is 2.84 bits per heavy atom. The van der Waals surface area contributed by atoms with E-state index in [9.17, 15) is 17.6 Å². The fourth-order valence-corrected chi connectivity index (χ4v) is 4.82. The van der Waals surface area contributed by atoms with Crippen LogP contribution in [0.5, 0.6) is 0 Å². The minimum absolute atomic E-state index is 0.0350. The Balaban J connectivity index is 1.64. The quantitative estimate of drug-likeness (QED) is 0.841. The van der Waals surface area contributed by atoms with E-state index in [-0.39, 0.29) is 23.0 Å².